The van der Waals surface area contributed by atoms with Crippen molar-refractivity contribution in [2.24, 2.45) is 5.73 Å². The van der Waals surface area contributed by atoms with E-state index in [1.165, 1.54) is 37.1 Å². The molecule has 1 aromatic rings. The van der Waals surface area contributed by atoms with Gasteiger partial charge in [-0.1, -0.05) is 24.3 Å². The second-order valence-electron chi connectivity index (χ2n) is 7.62. The van der Waals surface area contributed by atoms with E-state index in [0.29, 0.717) is 17.6 Å². The molecule has 0 radical (unpaired) electrons. The minimum absolute atomic E-state index is 0.202. The van der Waals surface area contributed by atoms with Gasteiger partial charge in [-0.15, -0.1) is 0 Å². The molecule has 2 aliphatic rings. The number of fused-ring (bicyclic) bond motifs is 1. The lowest BCUT2D eigenvalue weighted by molar-refractivity contribution is 0.0936. The molecule has 0 aromatic heterocycles. The first-order valence-electron chi connectivity index (χ1n) is 8.30. The highest BCUT2D eigenvalue weighted by Gasteiger charge is 2.32. The van der Waals surface area contributed by atoms with Gasteiger partial charge in [0.15, 0.2) is 0 Å². The lowest BCUT2D eigenvalue weighted by Gasteiger charge is -2.41. The molecule has 2 unspecified atom stereocenters. The SMILES string of the molecule is CC(C)(C)N1CCC(NC2CC(N)c3ccccc32)CC1. The van der Waals surface area contributed by atoms with E-state index in [1.807, 2.05) is 0 Å². The summed E-state index contributed by atoms with van der Waals surface area (Å²) in [5, 5.41) is 3.87. The normalized spacial score (nSPS) is 27.8. The number of nitrogens with zero attached hydrogens (tertiary/aromatic N) is 1. The first-order chi connectivity index (χ1) is 9.95. The second kappa shape index (κ2) is 5.71. The molecule has 0 spiro atoms. The van der Waals surface area contributed by atoms with Crippen molar-refractivity contribution in [1.29, 1.82) is 0 Å². The molecule has 0 amide bonds. The number of hydrogen-bond acceptors (Lipinski definition) is 3. The molecule has 2 atom stereocenters. The maximum Gasteiger partial charge on any atom is 0.0344 e. The molecule has 3 N–H and O–H groups in total. The summed E-state index contributed by atoms with van der Waals surface area (Å²) in [6, 6.07) is 9.94. The van der Waals surface area contributed by atoms with Crippen LogP contribution in [0, 0.1) is 0 Å². The Kier molecular flexibility index (Phi) is 4.08. The number of benzene rings is 1. The monoisotopic (exact) mass is 287 g/mol. The molecule has 21 heavy (non-hydrogen) atoms. The second-order valence-corrected chi connectivity index (χ2v) is 7.62. The first-order valence-corrected chi connectivity index (χ1v) is 8.30. The molecule has 1 saturated heterocycles. The van der Waals surface area contributed by atoms with Gasteiger partial charge in [0.1, 0.15) is 0 Å². The van der Waals surface area contributed by atoms with Crippen LogP contribution < -0.4 is 11.1 Å². The molecule has 116 valence electrons. The summed E-state index contributed by atoms with van der Waals surface area (Å²) in [6.45, 7) is 9.33. The standard InChI is InChI=1S/C18H29N3/c1-18(2,3)21-10-8-13(9-11-21)20-17-12-16(19)14-6-4-5-7-15(14)17/h4-7,13,16-17,20H,8-12,19H2,1-3H3. The molecule has 1 aromatic carbocycles. The zero-order valence-electron chi connectivity index (χ0n) is 13.6. The third-order valence-electron chi connectivity index (χ3n) is 5.14. The minimum atomic E-state index is 0.202. The Hall–Kier alpha value is -0.900. The Morgan fingerprint density at radius 2 is 1.71 bits per heavy atom. The van der Waals surface area contributed by atoms with Gasteiger partial charge in [-0.2, -0.15) is 0 Å². The molecule has 1 aliphatic heterocycles. The van der Waals surface area contributed by atoms with Crippen LogP contribution in [0.2, 0.25) is 0 Å². The minimum Gasteiger partial charge on any atom is -0.324 e. The number of nitrogens with two attached hydrogens (primary N) is 1. The summed E-state index contributed by atoms with van der Waals surface area (Å²) >= 11 is 0. The molecule has 1 aliphatic carbocycles. The van der Waals surface area contributed by atoms with Crippen molar-refractivity contribution in [2.75, 3.05) is 13.1 Å². The van der Waals surface area contributed by atoms with Crippen molar-refractivity contribution in [3.05, 3.63) is 35.4 Å². The van der Waals surface area contributed by atoms with Crippen molar-refractivity contribution in [2.45, 2.75) is 63.7 Å². The van der Waals surface area contributed by atoms with E-state index in [2.05, 4.69) is 55.3 Å². The van der Waals surface area contributed by atoms with Gasteiger partial charge in [0.2, 0.25) is 0 Å². The average Bonchev–Trinajstić information content (AvgIpc) is 2.76. The largest absolute Gasteiger partial charge is 0.324 e. The van der Waals surface area contributed by atoms with Gasteiger partial charge in [0.25, 0.3) is 0 Å². The van der Waals surface area contributed by atoms with Crippen LogP contribution >= 0.6 is 0 Å². The van der Waals surface area contributed by atoms with Crippen LogP contribution in [0.3, 0.4) is 0 Å². The Balaban J connectivity index is 1.60. The van der Waals surface area contributed by atoms with Crippen LogP contribution in [0.5, 0.6) is 0 Å². The highest BCUT2D eigenvalue weighted by molar-refractivity contribution is 5.37. The zero-order chi connectivity index (χ0) is 15.0. The van der Waals surface area contributed by atoms with E-state index in [-0.39, 0.29) is 6.04 Å². The lowest BCUT2D eigenvalue weighted by atomic mass is 9.97. The molecular weight excluding hydrogens is 258 g/mol. The van der Waals surface area contributed by atoms with Crippen LogP contribution in [-0.4, -0.2) is 29.6 Å². The number of rotatable bonds is 2. The predicted molar refractivity (Wildman–Crippen MR) is 88.2 cm³/mol. The lowest BCUT2D eigenvalue weighted by Crippen LogP contribution is -2.50. The van der Waals surface area contributed by atoms with Crippen LogP contribution in [0.15, 0.2) is 24.3 Å². The van der Waals surface area contributed by atoms with E-state index in [0.717, 1.165) is 6.42 Å². The van der Waals surface area contributed by atoms with Crippen molar-refractivity contribution < 1.29 is 0 Å². The quantitative estimate of drug-likeness (QED) is 0.878. The van der Waals surface area contributed by atoms with E-state index in [4.69, 9.17) is 5.73 Å². The van der Waals surface area contributed by atoms with E-state index < -0.39 is 0 Å². The zero-order valence-corrected chi connectivity index (χ0v) is 13.6. The Morgan fingerprint density at radius 1 is 1.10 bits per heavy atom. The van der Waals surface area contributed by atoms with Gasteiger partial charge < -0.3 is 11.1 Å². The average molecular weight is 287 g/mol. The van der Waals surface area contributed by atoms with E-state index >= 15 is 0 Å². The van der Waals surface area contributed by atoms with E-state index in [1.54, 1.807) is 0 Å². The molecule has 3 heteroatoms. The fourth-order valence-corrected chi connectivity index (χ4v) is 3.83. The summed E-state index contributed by atoms with van der Waals surface area (Å²) in [6.07, 6.45) is 3.52. The number of hydrogen-bond donors (Lipinski definition) is 2. The van der Waals surface area contributed by atoms with Crippen molar-refractivity contribution in [3.63, 3.8) is 0 Å². The molecule has 0 bridgehead atoms. The summed E-state index contributed by atoms with van der Waals surface area (Å²) in [5.41, 5.74) is 9.33. The highest BCUT2D eigenvalue weighted by Crippen LogP contribution is 2.37. The van der Waals surface area contributed by atoms with Gasteiger partial charge in [0.05, 0.1) is 0 Å². The number of piperidine rings is 1. The van der Waals surface area contributed by atoms with Gasteiger partial charge in [-0.3, -0.25) is 4.90 Å². The van der Waals surface area contributed by atoms with Crippen molar-refractivity contribution in [1.82, 2.24) is 10.2 Å². The van der Waals surface area contributed by atoms with Crippen molar-refractivity contribution in [3.8, 4) is 0 Å². The number of nitrogens with one attached hydrogen (secondary N) is 1. The summed E-state index contributed by atoms with van der Waals surface area (Å²) < 4.78 is 0. The van der Waals surface area contributed by atoms with Gasteiger partial charge in [-0.05, 0) is 51.2 Å². The summed E-state index contributed by atoms with van der Waals surface area (Å²) in [5.74, 6) is 0. The van der Waals surface area contributed by atoms with Gasteiger partial charge >= 0.3 is 0 Å². The first kappa shape index (κ1) is 15.0. The summed E-state index contributed by atoms with van der Waals surface area (Å²) in [7, 11) is 0. The third-order valence-corrected chi connectivity index (χ3v) is 5.14. The number of likely N-dealkylation sites (tertiary alicyclic amines) is 1. The van der Waals surface area contributed by atoms with Crippen LogP contribution in [-0.2, 0) is 0 Å². The molecule has 1 heterocycles. The van der Waals surface area contributed by atoms with Gasteiger partial charge in [-0.25, -0.2) is 0 Å². The van der Waals surface area contributed by atoms with Crippen LogP contribution in [0.4, 0.5) is 0 Å². The Morgan fingerprint density at radius 3 is 2.33 bits per heavy atom. The molecule has 3 rings (SSSR count). The highest BCUT2D eigenvalue weighted by atomic mass is 15.2. The van der Waals surface area contributed by atoms with Gasteiger partial charge in [0, 0.05) is 36.8 Å². The fraction of sp³-hybridized carbons (Fsp3) is 0.667. The van der Waals surface area contributed by atoms with Crippen LogP contribution in [0.1, 0.15) is 63.2 Å². The molecule has 3 nitrogen and oxygen atoms in total. The maximum atomic E-state index is 6.27. The fourth-order valence-electron chi connectivity index (χ4n) is 3.83. The third kappa shape index (κ3) is 3.15. The molecular formula is C18H29N3. The summed E-state index contributed by atoms with van der Waals surface area (Å²) in [4.78, 5) is 2.60. The molecule has 0 saturated carbocycles. The van der Waals surface area contributed by atoms with Crippen molar-refractivity contribution >= 4 is 0 Å². The Labute approximate surface area is 128 Å². The van der Waals surface area contributed by atoms with E-state index in [9.17, 15) is 0 Å². The smallest absolute Gasteiger partial charge is 0.0344 e. The topological polar surface area (TPSA) is 41.3 Å². The maximum absolute atomic E-state index is 6.27. The predicted octanol–water partition coefficient (Wildman–Crippen LogP) is 2.98. The molecule has 1 fully saturated rings. The van der Waals surface area contributed by atoms with Crippen LogP contribution in [0.25, 0.3) is 0 Å². The Bertz CT molecular complexity index is 483.